The Hall–Kier alpha value is -0.610. The molecule has 0 aliphatic carbocycles. The average Bonchev–Trinajstić information content (AvgIpc) is 2.16. The average molecular weight is 214 g/mol. The first-order valence-electron chi connectivity index (χ1n) is 5.66. The van der Waals surface area contributed by atoms with Gasteiger partial charge in [0.25, 0.3) is 0 Å². The lowest BCUT2D eigenvalue weighted by Crippen LogP contribution is -2.55. The van der Waals surface area contributed by atoms with Crippen LogP contribution in [0, 0.1) is 0 Å². The van der Waals surface area contributed by atoms with Crippen molar-refractivity contribution in [3.63, 3.8) is 0 Å². The van der Waals surface area contributed by atoms with E-state index < -0.39 is 0 Å². The summed E-state index contributed by atoms with van der Waals surface area (Å²) in [6.07, 6.45) is 1.43. The van der Waals surface area contributed by atoms with Crippen LogP contribution < -0.4 is 5.32 Å². The molecule has 2 unspecified atom stereocenters. The largest absolute Gasteiger partial charge is 0.385 e. The van der Waals surface area contributed by atoms with Gasteiger partial charge >= 0.3 is 0 Å². The number of rotatable bonds is 4. The van der Waals surface area contributed by atoms with Crippen LogP contribution in [-0.4, -0.2) is 49.7 Å². The molecule has 0 saturated carbocycles. The Morgan fingerprint density at radius 2 is 2.00 bits per heavy atom. The maximum atomic E-state index is 11.8. The molecule has 1 amide bonds. The van der Waals surface area contributed by atoms with Gasteiger partial charge in [-0.1, -0.05) is 0 Å². The highest BCUT2D eigenvalue weighted by molar-refractivity contribution is 5.76. The molecule has 4 heteroatoms. The fourth-order valence-electron chi connectivity index (χ4n) is 2.06. The van der Waals surface area contributed by atoms with Crippen molar-refractivity contribution in [2.24, 2.45) is 0 Å². The van der Waals surface area contributed by atoms with E-state index in [1.165, 1.54) is 0 Å². The van der Waals surface area contributed by atoms with Crippen LogP contribution in [0.4, 0.5) is 0 Å². The second-order valence-electron chi connectivity index (χ2n) is 4.36. The van der Waals surface area contributed by atoms with Crippen LogP contribution in [-0.2, 0) is 9.53 Å². The van der Waals surface area contributed by atoms with Gasteiger partial charge in [-0.25, -0.2) is 0 Å². The van der Waals surface area contributed by atoms with Gasteiger partial charge in [0.15, 0.2) is 0 Å². The minimum atomic E-state index is 0.257. The first-order valence-corrected chi connectivity index (χ1v) is 5.66. The Morgan fingerprint density at radius 1 is 1.40 bits per heavy atom. The molecule has 0 spiro atoms. The first-order chi connectivity index (χ1) is 7.13. The molecule has 1 heterocycles. The molecule has 0 aromatic heterocycles. The Kier molecular flexibility index (Phi) is 5.05. The molecule has 15 heavy (non-hydrogen) atoms. The SMILES string of the molecule is COCCCC(=O)N1CC(C)NC(C)C1. The van der Waals surface area contributed by atoms with Gasteiger partial charge in [0.1, 0.15) is 0 Å². The molecule has 1 N–H and O–H groups in total. The Balaban J connectivity index is 2.31. The van der Waals surface area contributed by atoms with Crippen molar-refractivity contribution in [1.82, 2.24) is 10.2 Å². The van der Waals surface area contributed by atoms with Crippen LogP contribution in [0.5, 0.6) is 0 Å². The van der Waals surface area contributed by atoms with E-state index in [4.69, 9.17) is 4.74 Å². The Morgan fingerprint density at radius 3 is 2.53 bits per heavy atom. The number of carbonyl (C=O) groups excluding carboxylic acids is 1. The summed E-state index contributed by atoms with van der Waals surface area (Å²) in [7, 11) is 1.67. The zero-order valence-corrected chi connectivity index (χ0v) is 9.95. The van der Waals surface area contributed by atoms with Gasteiger partial charge in [-0.3, -0.25) is 4.79 Å². The van der Waals surface area contributed by atoms with Crippen molar-refractivity contribution in [2.75, 3.05) is 26.8 Å². The maximum absolute atomic E-state index is 11.8. The number of ether oxygens (including phenoxy) is 1. The molecule has 2 atom stereocenters. The molecule has 1 aliphatic heterocycles. The normalized spacial score (nSPS) is 26.7. The summed E-state index contributed by atoms with van der Waals surface area (Å²) in [5, 5.41) is 3.41. The van der Waals surface area contributed by atoms with Crippen LogP contribution in [0.1, 0.15) is 26.7 Å². The number of nitrogens with zero attached hydrogens (tertiary/aromatic N) is 1. The predicted octanol–water partition coefficient (Wildman–Crippen LogP) is 0.622. The van der Waals surface area contributed by atoms with Gasteiger partial charge in [-0.15, -0.1) is 0 Å². The van der Waals surface area contributed by atoms with E-state index in [1.54, 1.807) is 7.11 Å². The zero-order chi connectivity index (χ0) is 11.3. The van der Waals surface area contributed by atoms with E-state index >= 15 is 0 Å². The molecule has 4 nitrogen and oxygen atoms in total. The van der Waals surface area contributed by atoms with E-state index in [-0.39, 0.29) is 5.91 Å². The number of piperazine rings is 1. The van der Waals surface area contributed by atoms with Crippen LogP contribution >= 0.6 is 0 Å². The lowest BCUT2D eigenvalue weighted by Gasteiger charge is -2.36. The van der Waals surface area contributed by atoms with Gasteiger partial charge in [-0.05, 0) is 20.3 Å². The third-order valence-electron chi connectivity index (χ3n) is 2.65. The number of methoxy groups -OCH3 is 1. The molecular weight excluding hydrogens is 192 g/mol. The summed E-state index contributed by atoms with van der Waals surface area (Å²) in [5.41, 5.74) is 0. The van der Waals surface area contributed by atoms with Gasteiger partial charge in [-0.2, -0.15) is 0 Å². The maximum Gasteiger partial charge on any atom is 0.222 e. The van der Waals surface area contributed by atoms with Crippen molar-refractivity contribution in [3.05, 3.63) is 0 Å². The topological polar surface area (TPSA) is 41.6 Å². The van der Waals surface area contributed by atoms with Crippen molar-refractivity contribution < 1.29 is 9.53 Å². The lowest BCUT2D eigenvalue weighted by atomic mass is 10.1. The molecular formula is C11H22N2O2. The van der Waals surface area contributed by atoms with Crippen LogP contribution in [0.25, 0.3) is 0 Å². The first kappa shape index (κ1) is 12.5. The fourth-order valence-corrected chi connectivity index (χ4v) is 2.06. The molecule has 0 aromatic rings. The Labute approximate surface area is 92.0 Å². The lowest BCUT2D eigenvalue weighted by molar-refractivity contribution is -0.133. The van der Waals surface area contributed by atoms with Crippen molar-refractivity contribution in [1.29, 1.82) is 0 Å². The summed E-state index contributed by atoms with van der Waals surface area (Å²) >= 11 is 0. The molecule has 0 radical (unpaired) electrons. The number of nitrogens with one attached hydrogen (secondary N) is 1. The van der Waals surface area contributed by atoms with Crippen molar-refractivity contribution in [2.45, 2.75) is 38.8 Å². The summed E-state index contributed by atoms with van der Waals surface area (Å²) in [4.78, 5) is 13.8. The number of hydrogen-bond acceptors (Lipinski definition) is 3. The highest BCUT2D eigenvalue weighted by Crippen LogP contribution is 2.07. The summed E-state index contributed by atoms with van der Waals surface area (Å²) in [5.74, 6) is 0.257. The Bertz CT molecular complexity index is 199. The van der Waals surface area contributed by atoms with E-state index in [0.717, 1.165) is 19.5 Å². The van der Waals surface area contributed by atoms with Gasteiger partial charge < -0.3 is 15.0 Å². The number of carbonyl (C=O) groups is 1. The molecule has 1 rings (SSSR count). The van der Waals surface area contributed by atoms with Crippen LogP contribution in [0.15, 0.2) is 0 Å². The monoisotopic (exact) mass is 214 g/mol. The fraction of sp³-hybridized carbons (Fsp3) is 0.909. The van der Waals surface area contributed by atoms with E-state index in [0.29, 0.717) is 25.1 Å². The number of hydrogen-bond donors (Lipinski definition) is 1. The van der Waals surface area contributed by atoms with Crippen molar-refractivity contribution >= 4 is 5.91 Å². The third kappa shape index (κ3) is 4.18. The summed E-state index contributed by atoms with van der Waals surface area (Å²) < 4.78 is 4.94. The summed E-state index contributed by atoms with van der Waals surface area (Å²) in [6, 6.07) is 0.806. The molecule has 88 valence electrons. The highest BCUT2D eigenvalue weighted by atomic mass is 16.5. The molecule has 1 aliphatic rings. The minimum absolute atomic E-state index is 0.257. The van der Waals surface area contributed by atoms with E-state index in [9.17, 15) is 4.79 Å². The molecule has 0 bridgehead atoms. The van der Waals surface area contributed by atoms with Gasteiger partial charge in [0, 0.05) is 45.3 Å². The quantitative estimate of drug-likeness (QED) is 0.698. The van der Waals surface area contributed by atoms with Gasteiger partial charge in [0.2, 0.25) is 5.91 Å². The van der Waals surface area contributed by atoms with Crippen LogP contribution in [0.2, 0.25) is 0 Å². The molecule has 0 aromatic carbocycles. The summed E-state index contributed by atoms with van der Waals surface area (Å²) in [6.45, 7) is 6.56. The molecule has 1 fully saturated rings. The third-order valence-corrected chi connectivity index (χ3v) is 2.65. The highest BCUT2D eigenvalue weighted by Gasteiger charge is 2.23. The smallest absolute Gasteiger partial charge is 0.222 e. The second kappa shape index (κ2) is 6.08. The van der Waals surface area contributed by atoms with Crippen LogP contribution in [0.3, 0.4) is 0 Å². The predicted molar refractivity (Wildman–Crippen MR) is 59.7 cm³/mol. The minimum Gasteiger partial charge on any atom is -0.385 e. The van der Waals surface area contributed by atoms with Gasteiger partial charge in [0.05, 0.1) is 0 Å². The standard InChI is InChI=1S/C11H22N2O2/c1-9-7-13(8-10(2)12-9)11(14)5-4-6-15-3/h9-10,12H,4-8H2,1-3H3. The second-order valence-corrected chi connectivity index (χ2v) is 4.36. The van der Waals surface area contributed by atoms with Crippen molar-refractivity contribution in [3.8, 4) is 0 Å². The number of amides is 1. The van der Waals surface area contributed by atoms with E-state index in [2.05, 4.69) is 19.2 Å². The zero-order valence-electron chi connectivity index (χ0n) is 9.95. The van der Waals surface area contributed by atoms with E-state index in [1.807, 2.05) is 4.90 Å². The molecule has 1 saturated heterocycles.